The summed E-state index contributed by atoms with van der Waals surface area (Å²) in [6.07, 6.45) is 8.93. The van der Waals surface area contributed by atoms with Crippen molar-refractivity contribution in [3.8, 4) is 0 Å². The Morgan fingerprint density at radius 3 is 3.00 bits per heavy atom. The van der Waals surface area contributed by atoms with Crippen LogP contribution < -0.4 is 5.32 Å². The minimum atomic E-state index is -0.0684. The van der Waals surface area contributed by atoms with Crippen LogP contribution in [0, 0.1) is 0 Å². The zero-order chi connectivity index (χ0) is 15.4. The third-order valence-corrected chi connectivity index (χ3v) is 3.59. The topological polar surface area (TPSA) is 64.2 Å². The summed E-state index contributed by atoms with van der Waals surface area (Å²) in [5.74, 6) is -0.0684. The summed E-state index contributed by atoms with van der Waals surface area (Å²) in [7, 11) is 0. The van der Waals surface area contributed by atoms with E-state index in [1.54, 1.807) is 12.5 Å². The number of aryl methyl sites for hydroxylation is 2. The molecule has 1 amide bonds. The smallest absolute Gasteiger partial charge is 0.270 e. The number of imidazole rings is 2. The lowest BCUT2D eigenvalue weighted by Gasteiger charge is -2.07. The van der Waals surface area contributed by atoms with E-state index < -0.39 is 0 Å². The molecule has 0 bridgehead atoms. The molecule has 3 heterocycles. The zero-order valence-corrected chi connectivity index (χ0v) is 12.6. The maximum atomic E-state index is 12.5. The van der Waals surface area contributed by atoms with Crippen molar-refractivity contribution in [1.82, 2.24) is 24.3 Å². The molecule has 6 heteroatoms. The molecule has 0 aliphatic carbocycles. The molecule has 0 fully saturated rings. The molecule has 3 aromatic rings. The number of carbonyl (C=O) groups is 1. The van der Waals surface area contributed by atoms with Crippen LogP contribution in [0.3, 0.4) is 0 Å². The highest BCUT2D eigenvalue weighted by atomic mass is 16.1. The molecule has 114 valence electrons. The molecule has 22 heavy (non-hydrogen) atoms. The fourth-order valence-electron chi connectivity index (χ4n) is 2.50. The van der Waals surface area contributed by atoms with Gasteiger partial charge in [0.1, 0.15) is 11.3 Å². The second kappa shape index (κ2) is 6.43. The molecule has 0 unspecified atom stereocenters. The molecule has 0 saturated heterocycles. The highest BCUT2D eigenvalue weighted by Crippen LogP contribution is 2.13. The van der Waals surface area contributed by atoms with E-state index in [4.69, 9.17) is 0 Å². The maximum Gasteiger partial charge on any atom is 0.270 e. The van der Waals surface area contributed by atoms with Crippen LogP contribution in [0.2, 0.25) is 0 Å². The highest BCUT2D eigenvalue weighted by Gasteiger charge is 2.17. The van der Waals surface area contributed by atoms with E-state index in [0.717, 1.165) is 30.7 Å². The summed E-state index contributed by atoms with van der Waals surface area (Å²) in [5, 5.41) is 2.98. The average molecular weight is 297 g/mol. The van der Waals surface area contributed by atoms with Gasteiger partial charge in [0.2, 0.25) is 0 Å². The van der Waals surface area contributed by atoms with Gasteiger partial charge in [0.25, 0.3) is 5.91 Å². The number of rotatable bonds is 6. The van der Waals surface area contributed by atoms with E-state index >= 15 is 0 Å². The largest absolute Gasteiger partial charge is 0.351 e. The molecular formula is C16H19N5O. The Morgan fingerprint density at radius 2 is 2.23 bits per heavy atom. The summed E-state index contributed by atoms with van der Waals surface area (Å²) in [6, 6.07) is 5.74. The van der Waals surface area contributed by atoms with Gasteiger partial charge in [0.15, 0.2) is 0 Å². The molecule has 3 rings (SSSR count). The Hall–Kier alpha value is -2.63. The van der Waals surface area contributed by atoms with E-state index in [9.17, 15) is 4.79 Å². The number of fused-ring (bicyclic) bond motifs is 1. The van der Waals surface area contributed by atoms with Crippen LogP contribution in [0.15, 0.2) is 43.1 Å². The number of amides is 1. The monoisotopic (exact) mass is 297 g/mol. The van der Waals surface area contributed by atoms with Crippen molar-refractivity contribution in [3.05, 3.63) is 54.5 Å². The molecule has 0 aliphatic heterocycles. The number of pyridine rings is 1. The molecule has 0 atom stereocenters. The quantitative estimate of drug-likeness (QED) is 0.707. The second-order valence-electron chi connectivity index (χ2n) is 5.10. The fraction of sp³-hybridized carbons (Fsp3) is 0.312. The number of nitrogens with zero attached hydrogens (tertiary/aromatic N) is 4. The molecule has 0 spiro atoms. The Balaban J connectivity index is 1.66. The summed E-state index contributed by atoms with van der Waals surface area (Å²) in [5.41, 5.74) is 2.28. The van der Waals surface area contributed by atoms with Crippen LogP contribution in [0.1, 0.15) is 29.5 Å². The Bertz CT molecular complexity index is 760. The first kappa shape index (κ1) is 14.3. The van der Waals surface area contributed by atoms with Crippen LogP contribution in [-0.4, -0.2) is 31.4 Å². The van der Waals surface area contributed by atoms with Gasteiger partial charge in [-0.3, -0.25) is 9.20 Å². The van der Waals surface area contributed by atoms with E-state index in [-0.39, 0.29) is 5.91 Å². The predicted octanol–water partition coefficient (Wildman–Crippen LogP) is 1.91. The number of nitrogens with one attached hydrogen (secondary N) is 1. The minimum Gasteiger partial charge on any atom is -0.351 e. The third-order valence-electron chi connectivity index (χ3n) is 3.59. The number of hydrogen-bond donors (Lipinski definition) is 1. The number of aromatic nitrogens is 4. The molecule has 1 N–H and O–H groups in total. The van der Waals surface area contributed by atoms with Gasteiger partial charge in [-0.05, 0) is 25.0 Å². The van der Waals surface area contributed by atoms with Gasteiger partial charge in [0.05, 0.1) is 12.0 Å². The minimum absolute atomic E-state index is 0.0684. The van der Waals surface area contributed by atoms with Crippen molar-refractivity contribution in [2.24, 2.45) is 0 Å². The molecule has 0 radical (unpaired) electrons. The van der Waals surface area contributed by atoms with E-state index in [0.29, 0.717) is 12.2 Å². The molecule has 0 saturated carbocycles. The SMILES string of the molecule is CCc1nc2ccccn2c1C(=O)NCCCn1ccnc1. The van der Waals surface area contributed by atoms with Gasteiger partial charge in [-0.2, -0.15) is 0 Å². The van der Waals surface area contributed by atoms with E-state index in [2.05, 4.69) is 15.3 Å². The van der Waals surface area contributed by atoms with Crippen LogP contribution >= 0.6 is 0 Å². The maximum absolute atomic E-state index is 12.5. The Labute approximate surface area is 128 Å². The lowest BCUT2D eigenvalue weighted by molar-refractivity contribution is 0.0946. The summed E-state index contributed by atoms with van der Waals surface area (Å²) in [4.78, 5) is 21.0. The first-order valence-corrected chi connectivity index (χ1v) is 7.49. The Morgan fingerprint density at radius 1 is 1.32 bits per heavy atom. The van der Waals surface area contributed by atoms with Crippen molar-refractivity contribution in [3.63, 3.8) is 0 Å². The summed E-state index contributed by atoms with van der Waals surface area (Å²) < 4.78 is 3.85. The first-order valence-electron chi connectivity index (χ1n) is 7.49. The van der Waals surface area contributed by atoms with Gasteiger partial charge in [-0.15, -0.1) is 0 Å². The Kier molecular flexibility index (Phi) is 4.18. The van der Waals surface area contributed by atoms with Crippen molar-refractivity contribution in [2.45, 2.75) is 26.3 Å². The lowest BCUT2D eigenvalue weighted by Crippen LogP contribution is -2.27. The third kappa shape index (κ3) is 2.86. The van der Waals surface area contributed by atoms with Gasteiger partial charge >= 0.3 is 0 Å². The predicted molar refractivity (Wildman–Crippen MR) is 83.7 cm³/mol. The molecule has 3 aromatic heterocycles. The first-order chi connectivity index (χ1) is 10.8. The van der Waals surface area contributed by atoms with Crippen LogP contribution in [0.25, 0.3) is 5.65 Å². The van der Waals surface area contributed by atoms with Crippen LogP contribution in [0.5, 0.6) is 0 Å². The van der Waals surface area contributed by atoms with Gasteiger partial charge in [-0.1, -0.05) is 13.0 Å². The standard InChI is InChI=1S/C16H19N5O/c1-2-13-15(21-10-4-3-6-14(21)19-13)16(22)18-7-5-9-20-11-8-17-12-20/h3-4,6,8,10-12H,2,5,7,9H2,1H3,(H,18,22). The highest BCUT2D eigenvalue weighted by molar-refractivity contribution is 5.94. The van der Waals surface area contributed by atoms with E-state index in [1.165, 1.54) is 0 Å². The molecule has 0 aromatic carbocycles. The number of carbonyl (C=O) groups excluding carboxylic acids is 1. The van der Waals surface area contributed by atoms with Crippen LogP contribution in [0.4, 0.5) is 0 Å². The van der Waals surface area contributed by atoms with Crippen molar-refractivity contribution < 1.29 is 4.79 Å². The molecular weight excluding hydrogens is 278 g/mol. The molecule has 6 nitrogen and oxygen atoms in total. The summed E-state index contributed by atoms with van der Waals surface area (Å²) >= 11 is 0. The second-order valence-corrected chi connectivity index (χ2v) is 5.10. The van der Waals surface area contributed by atoms with Crippen molar-refractivity contribution in [1.29, 1.82) is 0 Å². The van der Waals surface area contributed by atoms with Crippen molar-refractivity contribution >= 4 is 11.6 Å². The number of hydrogen-bond acceptors (Lipinski definition) is 3. The van der Waals surface area contributed by atoms with Gasteiger partial charge in [0, 0.05) is 31.7 Å². The normalized spacial score (nSPS) is 11.0. The zero-order valence-electron chi connectivity index (χ0n) is 12.6. The van der Waals surface area contributed by atoms with E-state index in [1.807, 2.05) is 46.5 Å². The molecule has 0 aliphatic rings. The van der Waals surface area contributed by atoms with Crippen molar-refractivity contribution in [2.75, 3.05) is 6.54 Å². The van der Waals surface area contributed by atoms with Crippen LogP contribution in [-0.2, 0) is 13.0 Å². The van der Waals surface area contributed by atoms with Gasteiger partial charge < -0.3 is 9.88 Å². The summed E-state index contributed by atoms with van der Waals surface area (Å²) in [6.45, 7) is 3.48. The average Bonchev–Trinajstić information content (AvgIpc) is 3.18. The van der Waals surface area contributed by atoms with Gasteiger partial charge in [-0.25, -0.2) is 9.97 Å². The fourth-order valence-corrected chi connectivity index (χ4v) is 2.50. The lowest BCUT2D eigenvalue weighted by atomic mass is 10.2.